The fourth-order valence-electron chi connectivity index (χ4n) is 3.32. The number of aromatic nitrogens is 3. The molecule has 4 nitrogen and oxygen atoms in total. The van der Waals surface area contributed by atoms with Crippen molar-refractivity contribution in [1.29, 1.82) is 0 Å². The first-order valence-electron chi connectivity index (χ1n) is 8.96. The molecule has 2 aromatic carbocycles. The van der Waals surface area contributed by atoms with Crippen molar-refractivity contribution in [2.45, 2.75) is 20.0 Å². The molecule has 0 fully saturated rings. The van der Waals surface area contributed by atoms with E-state index < -0.39 is 0 Å². The number of pyridine rings is 1. The maximum absolute atomic E-state index is 6.35. The van der Waals surface area contributed by atoms with Crippen LogP contribution >= 0.6 is 23.2 Å². The van der Waals surface area contributed by atoms with E-state index in [0.29, 0.717) is 16.6 Å². The lowest BCUT2D eigenvalue weighted by molar-refractivity contribution is -0.687. The van der Waals surface area contributed by atoms with E-state index in [1.165, 1.54) is 5.56 Å². The van der Waals surface area contributed by atoms with Crippen LogP contribution in [0, 0.1) is 6.92 Å². The minimum atomic E-state index is 0. The zero-order valence-corrected chi connectivity index (χ0v) is 18.3. The van der Waals surface area contributed by atoms with Gasteiger partial charge in [-0.15, -0.1) is 0 Å². The summed E-state index contributed by atoms with van der Waals surface area (Å²) >= 11 is 12.5. The first-order valence-corrected chi connectivity index (χ1v) is 9.72. The summed E-state index contributed by atoms with van der Waals surface area (Å²) in [4.78, 5) is 4.74. The van der Waals surface area contributed by atoms with E-state index in [2.05, 4.69) is 39.7 Å². The monoisotopic (exact) mass is 447 g/mol. The van der Waals surface area contributed by atoms with Crippen LogP contribution in [0.4, 0.5) is 0 Å². The zero-order chi connectivity index (χ0) is 19.7. The number of ether oxygens (including phenoxy) is 1. The number of aryl methyl sites for hydroxylation is 1. The number of hydrogen-bond donors (Lipinski definition) is 0. The van der Waals surface area contributed by atoms with Crippen molar-refractivity contribution in [2.24, 2.45) is 0 Å². The van der Waals surface area contributed by atoms with Crippen molar-refractivity contribution < 1.29 is 21.7 Å². The summed E-state index contributed by atoms with van der Waals surface area (Å²) < 4.78 is 9.51. The molecule has 0 atom stereocenters. The van der Waals surface area contributed by atoms with Gasteiger partial charge in [-0.25, -0.2) is 4.98 Å². The van der Waals surface area contributed by atoms with E-state index in [-0.39, 0.29) is 12.4 Å². The molecular weight excluding hydrogens is 429 g/mol. The molecule has 0 aliphatic carbocycles. The normalized spacial score (nSPS) is 10.8. The Bertz CT molecular complexity index is 1140. The molecular formula is C22H20Cl3N3O. The van der Waals surface area contributed by atoms with Gasteiger partial charge in [0.15, 0.2) is 24.5 Å². The fraction of sp³-hybridized carbons (Fsp3) is 0.182. The molecule has 4 rings (SSSR count). The predicted molar refractivity (Wildman–Crippen MR) is 112 cm³/mol. The number of hydrogen-bond acceptors (Lipinski definition) is 2. The second kappa shape index (κ2) is 9.04. The van der Waals surface area contributed by atoms with Crippen LogP contribution in [0.3, 0.4) is 0 Å². The Kier molecular flexibility index (Phi) is 6.68. The number of rotatable bonds is 5. The van der Waals surface area contributed by atoms with Crippen LogP contribution in [-0.4, -0.2) is 16.7 Å². The third-order valence-corrected chi connectivity index (χ3v) is 5.40. The molecule has 0 amide bonds. The number of benzene rings is 2. The number of imidazole rings is 1. The molecule has 2 aromatic heterocycles. The van der Waals surface area contributed by atoms with Gasteiger partial charge in [0.05, 0.1) is 19.2 Å². The highest BCUT2D eigenvalue weighted by Gasteiger charge is 2.14. The molecule has 2 heterocycles. The number of nitrogens with zero attached hydrogens (tertiary/aromatic N) is 3. The van der Waals surface area contributed by atoms with Crippen molar-refractivity contribution >= 4 is 34.2 Å². The first kappa shape index (κ1) is 21.4. The average Bonchev–Trinajstić information content (AvgIpc) is 3.00. The van der Waals surface area contributed by atoms with Gasteiger partial charge >= 0.3 is 0 Å². The maximum Gasteiger partial charge on any atom is 0.197 e. The Morgan fingerprint density at radius 1 is 1.07 bits per heavy atom. The molecule has 0 spiro atoms. The SMILES string of the molecule is COc1ccc(C[n+]2ccc3c(c2)nc(C)n3Cc2cc(Cl)ccc2Cl)cc1.[Cl-]. The quantitative estimate of drug-likeness (QED) is 0.438. The van der Waals surface area contributed by atoms with Crippen LogP contribution < -0.4 is 21.7 Å². The standard InChI is InChI=1S/C22H20Cl2N3O.ClH/c1-15-25-21-14-26(12-16-3-6-19(28-2)7-4-16)10-9-22(21)27(15)13-17-11-18(23)5-8-20(17)24;/h3-11,14H,12-13H2,1-2H3;1H/q+1;/p-1. The van der Waals surface area contributed by atoms with Crippen molar-refractivity contribution in [1.82, 2.24) is 9.55 Å². The van der Waals surface area contributed by atoms with Gasteiger partial charge in [-0.3, -0.25) is 0 Å². The highest BCUT2D eigenvalue weighted by molar-refractivity contribution is 6.33. The molecule has 4 aromatic rings. The smallest absolute Gasteiger partial charge is 0.197 e. The Hall–Kier alpha value is -2.27. The van der Waals surface area contributed by atoms with E-state index in [1.807, 2.05) is 31.2 Å². The van der Waals surface area contributed by atoms with Crippen LogP contribution in [0.2, 0.25) is 10.0 Å². The van der Waals surface area contributed by atoms with Crippen LogP contribution in [-0.2, 0) is 13.1 Å². The Balaban J connectivity index is 0.00000240. The van der Waals surface area contributed by atoms with Crippen LogP contribution in [0.15, 0.2) is 60.9 Å². The van der Waals surface area contributed by atoms with Crippen LogP contribution in [0.25, 0.3) is 11.0 Å². The molecule has 0 unspecified atom stereocenters. The molecule has 29 heavy (non-hydrogen) atoms. The average molecular weight is 449 g/mol. The van der Waals surface area contributed by atoms with Gasteiger partial charge < -0.3 is 21.7 Å². The summed E-state index contributed by atoms with van der Waals surface area (Å²) in [5.74, 6) is 1.80. The summed E-state index contributed by atoms with van der Waals surface area (Å²) in [5.41, 5.74) is 4.20. The lowest BCUT2D eigenvalue weighted by Crippen LogP contribution is -3.00. The van der Waals surface area contributed by atoms with Crippen molar-refractivity contribution in [3.63, 3.8) is 0 Å². The molecule has 0 saturated carbocycles. The van der Waals surface area contributed by atoms with Gasteiger partial charge in [0.1, 0.15) is 11.6 Å². The van der Waals surface area contributed by atoms with Gasteiger partial charge in [0, 0.05) is 21.7 Å². The Morgan fingerprint density at radius 3 is 2.55 bits per heavy atom. The molecule has 0 aliphatic rings. The topological polar surface area (TPSA) is 30.9 Å². The van der Waals surface area contributed by atoms with Crippen molar-refractivity contribution in [3.05, 3.63) is 87.9 Å². The molecule has 0 bridgehead atoms. The van der Waals surface area contributed by atoms with Crippen LogP contribution in [0.5, 0.6) is 5.75 Å². The van der Waals surface area contributed by atoms with Gasteiger partial charge in [-0.1, -0.05) is 23.2 Å². The Morgan fingerprint density at radius 2 is 1.83 bits per heavy atom. The molecule has 0 radical (unpaired) electrons. The number of halogens is 3. The number of methoxy groups -OCH3 is 1. The van der Waals surface area contributed by atoms with Crippen LogP contribution in [0.1, 0.15) is 17.0 Å². The maximum atomic E-state index is 6.35. The highest BCUT2D eigenvalue weighted by Crippen LogP contribution is 2.24. The van der Waals surface area contributed by atoms with Gasteiger partial charge in [0.25, 0.3) is 0 Å². The molecule has 0 aliphatic heterocycles. The number of fused-ring (bicyclic) bond motifs is 1. The summed E-state index contributed by atoms with van der Waals surface area (Å²) in [6.45, 7) is 3.41. The third-order valence-electron chi connectivity index (χ3n) is 4.80. The van der Waals surface area contributed by atoms with E-state index in [9.17, 15) is 0 Å². The van der Waals surface area contributed by atoms with Gasteiger partial charge in [-0.2, -0.15) is 4.57 Å². The molecule has 7 heteroatoms. The molecule has 150 valence electrons. The van der Waals surface area contributed by atoms with Gasteiger partial charge in [-0.05, 0) is 55.0 Å². The minimum absolute atomic E-state index is 0. The summed E-state index contributed by atoms with van der Waals surface area (Å²) in [6, 6.07) is 15.7. The van der Waals surface area contributed by atoms with E-state index in [4.69, 9.17) is 32.9 Å². The second-order valence-electron chi connectivity index (χ2n) is 6.72. The zero-order valence-electron chi connectivity index (χ0n) is 16.1. The second-order valence-corrected chi connectivity index (χ2v) is 7.56. The lowest BCUT2D eigenvalue weighted by atomic mass is 10.2. The highest BCUT2D eigenvalue weighted by atomic mass is 35.5. The predicted octanol–water partition coefficient (Wildman–Crippen LogP) is 2.05. The van der Waals surface area contributed by atoms with E-state index in [1.54, 1.807) is 13.2 Å². The molecule has 0 saturated heterocycles. The summed E-state index contributed by atoms with van der Waals surface area (Å²) in [5, 5.41) is 1.38. The van der Waals surface area contributed by atoms with E-state index in [0.717, 1.165) is 34.7 Å². The van der Waals surface area contributed by atoms with Crippen molar-refractivity contribution in [3.8, 4) is 5.75 Å². The largest absolute Gasteiger partial charge is 1.00 e. The third kappa shape index (κ3) is 4.67. The van der Waals surface area contributed by atoms with Gasteiger partial charge in [0.2, 0.25) is 0 Å². The minimum Gasteiger partial charge on any atom is -1.00 e. The molecule has 0 N–H and O–H groups in total. The summed E-state index contributed by atoms with van der Waals surface area (Å²) in [7, 11) is 1.67. The lowest BCUT2D eigenvalue weighted by Gasteiger charge is -2.09. The first-order chi connectivity index (χ1) is 13.5. The fourth-order valence-corrected chi connectivity index (χ4v) is 3.69. The Labute approximate surface area is 186 Å². The van der Waals surface area contributed by atoms with Crippen molar-refractivity contribution in [2.75, 3.05) is 7.11 Å². The summed E-state index contributed by atoms with van der Waals surface area (Å²) in [6.07, 6.45) is 4.15. The van der Waals surface area contributed by atoms with E-state index >= 15 is 0 Å².